The van der Waals surface area contributed by atoms with Crippen molar-refractivity contribution in [2.24, 2.45) is 0 Å². The van der Waals surface area contributed by atoms with E-state index in [-0.39, 0.29) is 39.5 Å². The zero-order valence-corrected chi connectivity index (χ0v) is 26.9. The van der Waals surface area contributed by atoms with Gasteiger partial charge >= 0.3 is 0 Å². The van der Waals surface area contributed by atoms with Gasteiger partial charge in [0.15, 0.2) is 0 Å². The lowest BCUT2D eigenvalue weighted by Crippen LogP contribution is -2.52. The largest absolute Gasteiger partial charge is 0.492 e. The van der Waals surface area contributed by atoms with Crippen LogP contribution in [0, 0.1) is 0 Å². The fourth-order valence-electron chi connectivity index (χ4n) is 5.67. The van der Waals surface area contributed by atoms with Crippen LogP contribution in [0.1, 0.15) is 22.3 Å². The molecular weight excluding hydrogens is 620 g/mol. The third-order valence-electron chi connectivity index (χ3n) is 8.32. The van der Waals surface area contributed by atoms with E-state index in [9.17, 15) is 28.8 Å². The van der Waals surface area contributed by atoms with Gasteiger partial charge in [-0.15, -0.1) is 0 Å². The molecule has 0 bridgehead atoms. The molecule has 47 heavy (non-hydrogen) atoms. The van der Waals surface area contributed by atoms with E-state index in [0.29, 0.717) is 35.5 Å². The first kappa shape index (κ1) is 34.5. The molecule has 0 amide bonds. The SMILES string of the molecule is O=S1(=O)N(Cc2ccc(CCO)cc2)[C@H](COc2ccccc2)[C@H](O)[C@@H](O)[C@@H](COc2ccccc2)N1Cc1ccc(CCO)cc1. The number of rotatable bonds is 14. The number of ether oxygens (including phenoxy) is 2. The smallest absolute Gasteiger partial charge is 0.283 e. The van der Waals surface area contributed by atoms with E-state index in [1.165, 1.54) is 8.61 Å². The molecule has 1 fully saturated rings. The van der Waals surface area contributed by atoms with Crippen molar-refractivity contribution in [1.29, 1.82) is 0 Å². The van der Waals surface area contributed by atoms with Crippen LogP contribution in [0.4, 0.5) is 0 Å². The molecule has 0 radical (unpaired) electrons. The van der Waals surface area contributed by atoms with Crippen LogP contribution >= 0.6 is 0 Å². The van der Waals surface area contributed by atoms with E-state index < -0.39 is 34.5 Å². The summed E-state index contributed by atoms with van der Waals surface area (Å²) in [6.07, 6.45) is -2.14. The quantitative estimate of drug-likeness (QED) is 0.162. The van der Waals surface area contributed by atoms with E-state index in [4.69, 9.17) is 9.47 Å². The lowest BCUT2D eigenvalue weighted by Gasteiger charge is -2.34. The number of hydrogen-bond acceptors (Lipinski definition) is 8. The van der Waals surface area contributed by atoms with Crippen LogP contribution in [0.15, 0.2) is 109 Å². The molecule has 0 unspecified atom stereocenters. The van der Waals surface area contributed by atoms with Crippen LogP contribution in [-0.4, -0.2) is 88.2 Å². The van der Waals surface area contributed by atoms with E-state index in [0.717, 1.165) is 11.1 Å². The Labute approximate surface area is 276 Å². The first-order valence-electron chi connectivity index (χ1n) is 15.7. The van der Waals surface area contributed by atoms with Gasteiger partial charge in [-0.05, 0) is 59.4 Å². The molecule has 5 rings (SSSR count). The summed E-state index contributed by atoms with van der Waals surface area (Å²) in [4.78, 5) is 0. The first-order chi connectivity index (χ1) is 22.8. The minimum Gasteiger partial charge on any atom is -0.492 e. The predicted octanol–water partition coefficient (Wildman–Crippen LogP) is 2.94. The first-order valence-corrected chi connectivity index (χ1v) is 17.1. The number of aliphatic hydroxyl groups is 4. The van der Waals surface area contributed by atoms with Gasteiger partial charge in [0.05, 0.1) is 12.1 Å². The average molecular weight is 663 g/mol. The number of aliphatic hydroxyl groups excluding tert-OH is 4. The molecule has 4 atom stereocenters. The number of nitrogens with zero attached hydrogens (tertiary/aromatic N) is 2. The van der Waals surface area contributed by atoms with Crippen molar-refractivity contribution >= 4 is 10.2 Å². The highest BCUT2D eigenvalue weighted by atomic mass is 32.2. The third kappa shape index (κ3) is 8.76. The van der Waals surface area contributed by atoms with Crippen LogP contribution in [0.3, 0.4) is 0 Å². The summed E-state index contributed by atoms with van der Waals surface area (Å²) in [6, 6.07) is 30.0. The molecule has 11 heteroatoms. The molecule has 0 saturated carbocycles. The van der Waals surface area contributed by atoms with Gasteiger partial charge in [0.2, 0.25) is 0 Å². The van der Waals surface area contributed by atoms with E-state index in [1.54, 1.807) is 72.8 Å². The Bertz CT molecular complexity index is 1510. The molecule has 1 aliphatic rings. The average Bonchev–Trinajstić information content (AvgIpc) is 3.14. The summed E-state index contributed by atoms with van der Waals surface area (Å²) < 4.78 is 44.2. The van der Waals surface area contributed by atoms with Crippen LogP contribution in [0.25, 0.3) is 0 Å². The fraction of sp³-hybridized carbons (Fsp3) is 0.333. The maximum Gasteiger partial charge on any atom is 0.283 e. The van der Waals surface area contributed by atoms with E-state index in [1.807, 2.05) is 36.4 Å². The molecule has 1 aliphatic heterocycles. The Balaban J connectivity index is 1.55. The number of benzene rings is 4. The molecule has 0 aromatic heterocycles. The molecular formula is C36H42N2O8S. The second-order valence-corrected chi connectivity index (χ2v) is 13.4. The molecule has 1 saturated heterocycles. The van der Waals surface area contributed by atoms with Crippen molar-refractivity contribution in [2.75, 3.05) is 26.4 Å². The second-order valence-electron chi connectivity index (χ2n) is 11.5. The Hall–Kier alpha value is -3.81. The van der Waals surface area contributed by atoms with Gasteiger partial charge in [-0.1, -0.05) is 84.9 Å². The zero-order valence-electron chi connectivity index (χ0n) is 26.1. The highest BCUT2D eigenvalue weighted by Gasteiger charge is 2.51. The van der Waals surface area contributed by atoms with Crippen LogP contribution < -0.4 is 9.47 Å². The van der Waals surface area contributed by atoms with Gasteiger partial charge in [-0.3, -0.25) is 0 Å². The molecule has 1 heterocycles. The molecule has 4 aromatic rings. The minimum atomic E-state index is -4.40. The van der Waals surface area contributed by atoms with Gasteiger partial charge in [0.1, 0.15) is 36.9 Å². The van der Waals surface area contributed by atoms with Gasteiger partial charge in [-0.2, -0.15) is 17.0 Å². The maximum atomic E-state index is 14.9. The van der Waals surface area contributed by atoms with Crippen LogP contribution in [0.5, 0.6) is 11.5 Å². The standard InChI is InChI=1S/C36H42N2O8S/c39-21-19-27-11-15-29(16-12-27)23-37-33(25-45-31-7-3-1-4-8-31)35(41)36(42)34(26-46-32-9-5-2-6-10-32)38(47(37,43)44)24-30-17-13-28(14-18-30)20-22-40/h1-18,33-36,39-42H,19-26H2/t33-,34-,35+,36+/m1/s1. The molecule has 4 aromatic carbocycles. The van der Waals surface area contributed by atoms with E-state index in [2.05, 4.69) is 0 Å². The van der Waals surface area contributed by atoms with Crippen molar-refractivity contribution in [3.05, 3.63) is 131 Å². The molecule has 4 N–H and O–H groups in total. The highest BCUT2D eigenvalue weighted by molar-refractivity contribution is 7.86. The molecule has 10 nitrogen and oxygen atoms in total. The summed E-state index contributed by atoms with van der Waals surface area (Å²) in [6.45, 7) is -0.671. The fourth-order valence-corrected chi connectivity index (χ4v) is 7.62. The monoisotopic (exact) mass is 662 g/mol. The summed E-state index contributed by atoms with van der Waals surface area (Å²) in [5.41, 5.74) is 3.13. The Kier molecular flexibility index (Phi) is 12.0. The number of hydrogen-bond donors (Lipinski definition) is 4. The van der Waals surface area contributed by atoms with Crippen molar-refractivity contribution in [1.82, 2.24) is 8.61 Å². The van der Waals surface area contributed by atoms with Crippen LogP contribution in [0.2, 0.25) is 0 Å². The lowest BCUT2D eigenvalue weighted by molar-refractivity contribution is -0.0565. The topological polar surface area (TPSA) is 140 Å². The van der Waals surface area contributed by atoms with E-state index >= 15 is 0 Å². The zero-order chi connectivity index (χ0) is 33.2. The molecule has 0 spiro atoms. The lowest BCUT2D eigenvalue weighted by atomic mass is 9.98. The third-order valence-corrected chi connectivity index (χ3v) is 10.3. The predicted molar refractivity (Wildman–Crippen MR) is 178 cm³/mol. The van der Waals surface area contributed by atoms with Gasteiger partial charge < -0.3 is 29.9 Å². The second kappa shape index (κ2) is 16.3. The Morgan fingerprint density at radius 3 is 1.21 bits per heavy atom. The Morgan fingerprint density at radius 2 is 0.872 bits per heavy atom. The summed E-state index contributed by atoms with van der Waals surface area (Å²) in [5.74, 6) is 0.987. The van der Waals surface area contributed by atoms with Crippen molar-refractivity contribution < 1.29 is 38.3 Å². The van der Waals surface area contributed by atoms with Crippen molar-refractivity contribution in [3.8, 4) is 11.5 Å². The van der Waals surface area contributed by atoms with Gasteiger partial charge in [0.25, 0.3) is 10.2 Å². The molecule has 0 aliphatic carbocycles. The summed E-state index contributed by atoms with van der Waals surface area (Å²) >= 11 is 0. The maximum absolute atomic E-state index is 14.9. The minimum absolute atomic E-state index is 0.00872. The highest BCUT2D eigenvalue weighted by Crippen LogP contribution is 2.31. The van der Waals surface area contributed by atoms with Crippen molar-refractivity contribution in [2.45, 2.75) is 50.2 Å². The van der Waals surface area contributed by atoms with Gasteiger partial charge in [0, 0.05) is 26.3 Å². The summed E-state index contributed by atoms with van der Waals surface area (Å²) in [5, 5.41) is 42.2. The van der Waals surface area contributed by atoms with Gasteiger partial charge in [-0.25, -0.2) is 0 Å². The normalized spacial score (nSPS) is 21.6. The van der Waals surface area contributed by atoms with Crippen molar-refractivity contribution in [3.63, 3.8) is 0 Å². The van der Waals surface area contributed by atoms with Crippen LogP contribution in [-0.2, 0) is 36.1 Å². The number of para-hydroxylation sites is 2. The molecule has 250 valence electrons. The summed E-state index contributed by atoms with van der Waals surface area (Å²) in [7, 11) is -4.40. The Morgan fingerprint density at radius 1 is 0.532 bits per heavy atom.